The Bertz CT molecular complexity index is 1570. The van der Waals surface area contributed by atoms with Crippen molar-refractivity contribution in [3.63, 3.8) is 0 Å². The third kappa shape index (κ3) is 5.10. The van der Waals surface area contributed by atoms with Crippen LogP contribution in [0.2, 0.25) is 0 Å². The summed E-state index contributed by atoms with van der Waals surface area (Å²) in [4.78, 5) is 10.9. The lowest BCUT2D eigenvalue weighted by Crippen LogP contribution is -2.44. The summed E-state index contributed by atoms with van der Waals surface area (Å²) in [5.41, 5.74) is 0.455. The number of fused-ring (bicyclic) bond motifs is 1. The van der Waals surface area contributed by atoms with Crippen molar-refractivity contribution in [1.29, 1.82) is 0 Å². The van der Waals surface area contributed by atoms with Crippen LogP contribution in [0, 0.1) is 0 Å². The highest BCUT2D eigenvalue weighted by Crippen LogP contribution is 2.40. The molecule has 1 aliphatic carbocycles. The van der Waals surface area contributed by atoms with Crippen LogP contribution in [0.25, 0.3) is 21.6 Å². The van der Waals surface area contributed by atoms with Gasteiger partial charge < -0.3 is 4.74 Å². The number of halogens is 3. The van der Waals surface area contributed by atoms with Crippen molar-refractivity contribution in [3.8, 4) is 10.6 Å². The van der Waals surface area contributed by atoms with Crippen LogP contribution in [-0.2, 0) is 20.9 Å². The zero-order valence-electron chi connectivity index (χ0n) is 21.0. The van der Waals surface area contributed by atoms with Crippen molar-refractivity contribution in [2.24, 2.45) is 0 Å². The van der Waals surface area contributed by atoms with E-state index in [1.54, 1.807) is 24.4 Å². The minimum atomic E-state index is -4.59. The Hall–Kier alpha value is -2.80. The van der Waals surface area contributed by atoms with Gasteiger partial charge in [-0.15, -0.1) is 11.3 Å². The molecule has 0 N–H and O–H groups in total. The van der Waals surface area contributed by atoms with Crippen LogP contribution in [0.1, 0.15) is 42.9 Å². The first kappa shape index (κ1) is 26.4. The summed E-state index contributed by atoms with van der Waals surface area (Å²) in [6.45, 7) is 3.42. The van der Waals surface area contributed by atoms with E-state index in [9.17, 15) is 21.6 Å². The van der Waals surface area contributed by atoms with E-state index < -0.39 is 21.9 Å². The number of thiazole rings is 1. The van der Waals surface area contributed by atoms with Gasteiger partial charge in [0.2, 0.25) is 0 Å². The quantitative estimate of drug-likeness (QED) is 0.300. The van der Waals surface area contributed by atoms with Crippen LogP contribution in [-0.4, -0.2) is 59.6 Å². The average molecular weight is 577 g/mol. The smallest absolute Gasteiger partial charge is 0.379 e. The monoisotopic (exact) mass is 576 g/mol. The lowest BCUT2D eigenvalue weighted by atomic mass is 9.81. The Labute approximate surface area is 228 Å². The second kappa shape index (κ2) is 10.3. The van der Waals surface area contributed by atoms with Gasteiger partial charge in [-0.25, -0.2) is 22.4 Å². The third-order valence-corrected chi connectivity index (χ3v) is 10.2. The second-order valence-electron chi connectivity index (χ2n) is 9.99. The lowest BCUT2D eigenvalue weighted by Gasteiger charge is -2.38. The number of alkyl halides is 3. The number of rotatable bonds is 5. The Morgan fingerprint density at radius 2 is 1.74 bits per heavy atom. The van der Waals surface area contributed by atoms with Gasteiger partial charge in [0.1, 0.15) is 5.01 Å². The van der Waals surface area contributed by atoms with Crippen molar-refractivity contribution >= 4 is 32.4 Å². The largest absolute Gasteiger partial charge is 0.434 e. The third-order valence-electron chi connectivity index (χ3n) is 7.69. The molecule has 2 aliphatic rings. The first-order valence-corrected chi connectivity index (χ1v) is 15.2. The molecule has 206 valence electrons. The van der Waals surface area contributed by atoms with Crippen molar-refractivity contribution < 1.29 is 26.3 Å². The van der Waals surface area contributed by atoms with E-state index in [2.05, 4.69) is 14.9 Å². The number of hydrogen-bond acceptors (Lipinski definition) is 7. The van der Waals surface area contributed by atoms with Gasteiger partial charge in [-0.3, -0.25) is 4.90 Å². The molecule has 4 heterocycles. The molecule has 0 atom stereocenters. The molecule has 0 unspecified atom stereocenters. The Balaban J connectivity index is 1.38. The summed E-state index contributed by atoms with van der Waals surface area (Å²) in [7, 11) is -4.04. The molecular formula is C27H27F3N4O3S2. The second-order valence-corrected chi connectivity index (χ2v) is 12.7. The standard InChI is InChI=1S/C27H27F3N4O3S2/c28-27(29,30)24-17-38-26(32-24)23-16-34(39(35,36)21-4-2-1-3-5-21)25-22(23)14-19(15-31-25)18-6-8-20(9-7-18)33-10-12-37-13-11-33/h1-5,14-18,20H,6-13H2/t18-,20-. The molecule has 12 heteroatoms. The molecule has 1 saturated carbocycles. The molecule has 1 aromatic carbocycles. The van der Waals surface area contributed by atoms with Crippen molar-refractivity contribution in [2.75, 3.05) is 26.3 Å². The fourth-order valence-electron chi connectivity index (χ4n) is 5.62. The molecule has 3 aromatic heterocycles. The van der Waals surface area contributed by atoms with Gasteiger partial charge >= 0.3 is 6.18 Å². The highest BCUT2D eigenvalue weighted by Gasteiger charge is 2.35. The Kier molecular flexibility index (Phi) is 6.98. The maximum absolute atomic E-state index is 13.5. The van der Waals surface area contributed by atoms with E-state index in [0.717, 1.165) is 78.2 Å². The molecule has 0 spiro atoms. The van der Waals surface area contributed by atoms with E-state index in [1.165, 1.54) is 18.3 Å². The van der Waals surface area contributed by atoms with Crippen LogP contribution in [0.15, 0.2) is 59.1 Å². The van der Waals surface area contributed by atoms with Crippen molar-refractivity contribution in [3.05, 3.63) is 65.4 Å². The summed E-state index contributed by atoms with van der Waals surface area (Å²) in [5, 5.41) is 1.53. The maximum atomic E-state index is 13.5. The number of morpholine rings is 1. The Morgan fingerprint density at radius 1 is 1.03 bits per heavy atom. The summed E-state index contributed by atoms with van der Waals surface area (Å²) < 4.78 is 73.6. The first-order valence-electron chi connectivity index (χ1n) is 12.9. The molecule has 4 aromatic rings. The SMILES string of the molecule is O=S(=O)(c1ccccc1)n1cc(-c2nc(C(F)(F)F)cs2)c2cc([C@H]3CC[C@H](N4CCOCC4)CC3)cnc21. The number of benzene rings is 1. The van der Waals surface area contributed by atoms with E-state index in [-0.39, 0.29) is 21.5 Å². The van der Waals surface area contributed by atoms with E-state index in [1.807, 2.05) is 6.07 Å². The van der Waals surface area contributed by atoms with Crippen molar-refractivity contribution in [1.82, 2.24) is 18.8 Å². The number of nitrogens with zero attached hydrogens (tertiary/aromatic N) is 4. The number of pyridine rings is 1. The number of hydrogen-bond donors (Lipinski definition) is 0. The highest BCUT2D eigenvalue weighted by atomic mass is 32.2. The maximum Gasteiger partial charge on any atom is 0.434 e. The molecule has 0 amide bonds. The fourth-order valence-corrected chi connectivity index (χ4v) is 7.82. The molecule has 1 aliphatic heterocycles. The predicted octanol–water partition coefficient (Wildman–Crippen LogP) is 5.77. The zero-order chi connectivity index (χ0) is 27.2. The van der Waals surface area contributed by atoms with Gasteiger partial charge in [0.25, 0.3) is 10.0 Å². The first-order chi connectivity index (χ1) is 18.7. The molecular weight excluding hydrogens is 549 g/mol. The Morgan fingerprint density at radius 3 is 2.41 bits per heavy atom. The van der Waals surface area contributed by atoms with Crippen molar-refractivity contribution in [2.45, 2.75) is 48.7 Å². The molecule has 1 saturated heterocycles. The minimum Gasteiger partial charge on any atom is -0.379 e. The summed E-state index contributed by atoms with van der Waals surface area (Å²) in [5.74, 6) is 0.239. The van der Waals surface area contributed by atoms with E-state index >= 15 is 0 Å². The van der Waals surface area contributed by atoms with Crippen LogP contribution >= 0.6 is 11.3 Å². The lowest BCUT2D eigenvalue weighted by molar-refractivity contribution is -0.140. The molecule has 7 nitrogen and oxygen atoms in total. The van der Waals surface area contributed by atoms with Crippen LogP contribution in [0.4, 0.5) is 13.2 Å². The van der Waals surface area contributed by atoms with Crippen LogP contribution in [0.3, 0.4) is 0 Å². The van der Waals surface area contributed by atoms with Gasteiger partial charge in [-0.2, -0.15) is 13.2 Å². The fraction of sp³-hybridized carbons (Fsp3) is 0.407. The molecule has 6 rings (SSSR count). The zero-order valence-corrected chi connectivity index (χ0v) is 22.6. The number of ether oxygens (including phenoxy) is 1. The average Bonchev–Trinajstić information content (AvgIpc) is 3.60. The molecule has 0 bridgehead atoms. The van der Waals surface area contributed by atoms with Crippen LogP contribution in [0.5, 0.6) is 0 Å². The molecule has 39 heavy (non-hydrogen) atoms. The number of aromatic nitrogens is 3. The van der Waals surface area contributed by atoms with Gasteiger partial charge in [0.05, 0.1) is 18.1 Å². The normalized spacial score (nSPS) is 21.4. The van der Waals surface area contributed by atoms with Gasteiger partial charge in [-0.1, -0.05) is 18.2 Å². The van der Waals surface area contributed by atoms with E-state index in [0.29, 0.717) is 17.0 Å². The summed E-state index contributed by atoms with van der Waals surface area (Å²) in [6.07, 6.45) is 2.47. The summed E-state index contributed by atoms with van der Waals surface area (Å²) in [6, 6.07) is 10.3. The van der Waals surface area contributed by atoms with Gasteiger partial charge in [0.15, 0.2) is 11.3 Å². The summed E-state index contributed by atoms with van der Waals surface area (Å²) >= 11 is 0.839. The topological polar surface area (TPSA) is 77.3 Å². The van der Waals surface area contributed by atoms with Crippen LogP contribution < -0.4 is 0 Å². The predicted molar refractivity (Wildman–Crippen MR) is 142 cm³/mol. The highest BCUT2D eigenvalue weighted by molar-refractivity contribution is 7.90. The van der Waals surface area contributed by atoms with E-state index in [4.69, 9.17) is 4.74 Å². The molecule has 0 radical (unpaired) electrons. The van der Waals surface area contributed by atoms with Gasteiger partial charge in [0, 0.05) is 47.9 Å². The molecule has 2 fully saturated rings. The van der Waals surface area contributed by atoms with Gasteiger partial charge in [-0.05, 0) is 55.4 Å². The minimum absolute atomic E-state index is 0.0656.